The molecule has 6 aliphatic heterocycles. The quantitative estimate of drug-likeness (QED) is 0.0706. The van der Waals surface area contributed by atoms with Crippen molar-refractivity contribution >= 4 is 70.0 Å². The van der Waals surface area contributed by atoms with Crippen molar-refractivity contribution in [1.29, 1.82) is 0 Å². The fourth-order valence-corrected chi connectivity index (χ4v) is 13.3. The lowest BCUT2D eigenvalue weighted by Gasteiger charge is -2.36. The number of rotatable bonds is 14. The van der Waals surface area contributed by atoms with Gasteiger partial charge in [-0.3, -0.25) is 38.4 Å². The van der Waals surface area contributed by atoms with Gasteiger partial charge in [-0.05, 0) is 96.1 Å². The molecule has 8 heterocycles. The molecule has 13 rings (SSSR count). The van der Waals surface area contributed by atoms with Gasteiger partial charge in [0.15, 0.2) is 0 Å². The van der Waals surface area contributed by atoms with Gasteiger partial charge in [0.05, 0.1) is 43.7 Å². The van der Waals surface area contributed by atoms with Gasteiger partial charge < -0.3 is 71.7 Å². The Morgan fingerprint density at radius 3 is 1.42 bits per heavy atom. The first kappa shape index (κ1) is 78.4. The lowest BCUT2D eigenvalue weighted by molar-refractivity contribution is -0.146. The number of esters is 1. The van der Waals surface area contributed by atoms with E-state index in [1.165, 1.54) is 26.3 Å². The third-order valence-corrected chi connectivity index (χ3v) is 19.8. The number of ether oxygens (including phenoxy) is 3. The van der Waals surface area contributed by atoms with Crippen LogP contribution in [0.4, 0.5) is 0 Å². The highest BCUT2D eigenvalue weighted by Gasteiger charge is 2.49. The topological polar surface area (TPSA) is 383 Å². The second-order valence-corrected chi connectivity index (χ2v) is 29.8. The number of likely N-dealkylation sites (N-methyl/N-ethyl adjacent to an activating group) is 2. The standard InChI is InChI=1S/C77H96N16O14/c1-44(78-9)66(94)84-64(76(3,4)5)72(100)90-40-54-36-62(90)70(98)80-58(32-46-17-13-12-14-18-46)68(96)82-60(74(102)103)33-47-22-27-56(28-23-47)106-42-52-38-93(89-86-52)55-37-63(91(41-55)73(101)65(77(6,7)8)85-67(95)45(2)79-10)71(99)81-59(35-49-21-26-50-19-15-16-20-51(50)31-49)69(97)83-61(75(104)105-11)34-48-24-29-57(30-25-48)107-43-53-39-92(54)88-87-53/h12-31,38-39,44-45,54-55,58-65,78-79H,32-37,40-43H2,1-11H3,(H,80,98)(H,81,99)(H,82,96)(H,83,97)(H,84,94)(H,85,95)(H,102,103)/t44-,45-,54-,55-,58-,59-,60-,61-,62-,63-,64+,65+/m0/s1. The van der Waals surface area contributed by atoms with Crippen LogP contribution in [0.3, 0.4) is 0 Å². The molecular formula is C77H96N16O14. The monoisotopic (exact) mass is 1470 g/mol. The molecule has 0 aliphatic carbocycles. The maximum absolute atomic E-state index is 15.3. The summed E-state index contributed by atoms with van der Waals surface area (Å²) in [5.41, 5.74) is 1.37. The molecule has 2 saturated heterocycles. The second-order valence-electron chi connectivity index (χ2n) is 29.8. The maximum Gasteiger partial charge on any atom is 0.328 e. The molecule has 6 aliphatic rings. The van der Waals surface area contributed by atoms with Crippen LogP contribution in [0.25, 0.3) is 10.8 Å². The molecule has 9 N–H and O–H groups in total. The molecule has 7 aromatic rings. The van der Waals surface area contributed by atoms with E-state index in [9.17, 15) is 29.1 Å². The molecule has 0 radical (unpaired) electrons. The zero-order valence-corrected chi connectivity index (χ0v) is 62.0. The van der Waals surface area contributed by atoms with Crippen molar-refractivity contribution in [2.75, 3.05) is 34.3 Å². The number of carbonyl (C=O) groups excluding carboxylic acids is 9. The summed E-state index contributed by atoms with van der Waals surface area (Å²) in [4.78, 5) is 147. The highest BCUT2D eigenvalue weighted by Crippen LogP contribution is 2.34. The minimum Gasteiger partial charge on any atom is -0.487 e. The Balaban J connectivity index is 0.982. The van der Waals surface area contributed by atoms with Crippen molar-refractivity contribution < 1.29 is 67.3 Å². The van der Waals surface area contributed by atoms with E-state index in [2.05, 4.69) is 63.2 Å². The van der Waals surface area contributed by atoms with E-state index in [-0.39, 0.29) is 64.8 Å². The molecule has 2 aromatic heterocycles. The normalized spacial score (nSPS) is 21.9. The molecule has 568 valence electrons. The van der Waals surface area contributed by atoms with Crippen LogP contribution in [0, 0.1) is 10.8 Å². The van der Waals surface area contributed by atoms with Crippen molar-refractivity contribution in [3.05, 3.63) is 167 Å². The smallest absolute Gasteiger partial charge is 0.328 e. The van der Waals surface area contributed by atoms with Crippen LogP contribution in [0.2, 0.25) is 0 Å². The number of methoxy groups -OCH3 is 1. The summed E-state index contributed by atoms with van der Waals surface area (Å²) in [6.45, 7) is 13.7. The number of aliphatic carboxylic acids is 1. The maximum atomic E-state index is 15.3. The summed E-state index contributed by atoms with van der Waals surface area (Å²) in [6.07, 6.45) is 2.82. The predicted molar refractivity (Wildman–Crippen MR) is 392 cm³/mol. The molecule has 107 heavy (non-hydrogen) atoms. The number of nitrogens with one attached hydrogen (secondary N) is 8. The minimum atomic E-state index is -1.50. The number of carbonyl (C=O) groups is 10. The molecule has 30 heteroatoms. The molecule has 0 unspecified atom stereocenters. The number of likely N-dealkylation sites (tertiary alicyclic amines) is 2. The van der Waals surface area contributed by atoms with E-state index in [1.54, 1.807) is 161 Å². The Bertz CT molecular complexity index is 4350. The third kappa shape index (κ3) is 19.9. The number of aromatic nitrogens is 6. The Labute approximate surface area is 620 Å². The van der Waals surface area contributed by atoms with Crippen LogP contribution in [0.5, 0.6) is 11.5 Å². The van der Waals surface area contributed by atoms with Gasteiger partial charge in [-0.15, -0.1) is 10.2 Å². The van der Waals surface area contributed by atoms with Crippen LogP contribution in [-0.4, -0.2) is 199 Å². The predicted octanol–water partition coefficient (Wildman–Crippen LogP) is 3.22. The fraction of sp³-hybridized carbons (Fsp3) is 0.455. The largest absolute Gasteiger partial charge is 0.487 e. The summed E-state index contributed by atoms with van der Waals surface area (Å²) >= 11 is 0. The van der Waals surface area contributed by atoms with Crippen LogP contribution >= 0.6 is 0 Å². The van der Waals surface area contributed by atoms with E-state index >= 15 is 24.0 Å². The van der Waals surface area contributed by atoms with E-state index in [0.29, 0.717) is 45.1 Å². The first-order valence-electron chi connectivity index (χ1n) is 35.8. The Morgan fingerprint density at radius 1 is 0.551 bits per heavy atom. The highest BCUT2D eigenvalue weighted by atomic mass is 16.5. The third-order valence-electron chi connectivity index (χ3n) is 19.8. The van der Waals surface area contributed by atoms with Crippen molar-refractivity contribution in [2.24, 2.45) is 10.8 Å². The van der Waals surface area contributed by atoms with Crippen LogP contribution in [0.15, 0.2) is 134 Å². The Morgan fingerprint density at radius 2 is 0.981 bits per heavy atom. The molecule has 5 aromatic carbocycles. The van der Waals surface area contributed by atoms with Gasteiger partial charge in [-0.1, -0.05) is 149 Å². The van der Waals surface area contributed by atoms with Gasteiger partial charge in [0, 0.05) is 51.6 Å². The zero-order valence-electron chi connectivity index (χ0n) is 62.0. The molecule has 12 atom stereocenters. The van der Waals surface area contributed by atoms with Crippen LogP contribution in [0.1, 0.15) is 114 Å². The van der Waals surface area contributed by atoms with Crippen LogP contribution < -0.4 is 52.0 Å². The van der Waals surface area contributed by atoms with Gasteiger partial charge in [0.1, 0.15) is 84.4 Å². The van der Waals surface area contributed by atoms with Crippen molar-refractivity contribution in [3.63, 3.8) is 0 Å². The second kappa shape index (κ2) is 34.4. The summed E-state index contributed by atoms with van der Waals surface area (Å²) < 4.78 is 20.7. The number of benzene rings is 5. The van der Waals surface area contributed by atoms with E-state index in [4.69, 9.17) is 14.2 Å². The molecule has 0 spiro atoms. The Kier molecular flexibility index (Phi) is 25.2. The molecule has 12 bridgehead atoms. The average Bonchev–Trinajstić information content (AvgIpc) is 1.67. The average molecular weight is 1470 g/mol. The Hall–Kier alpha value is -11.1. The van der Waals surface area contributed by atoms with E-state index in [1.807, 2.05) is 42.5 Å². The lowest BCUT2D eigenvalue weighted by Crippen LogP contribution is -2.61. The SMILES string of the molecule is CN[C@@H](C)C(=O)N[C@H](C(=O)N1C[C@@H]2C[C@H]1C(=O)N[C@@H](Cc1ccccc1)C(=O)N[C@H](C(=O)O)Cc1ccc(cc1)OCc1cn(nn1)[C@H]1C[C@@H](C(=O)N[C@@H](Cc3ccc4ccccc4c3)C(=O)N[C@H](C(=O)OC)Cc3ccc(cc3)OCc3cn2nn3)N(C(=O)[C@@H](NC(=O)[C@H](C)NC)C(C)(C)C)C1)C(C)(C)C. The van der Waals surface area contributed by atoms with E-state index < -0.39 is 143 Å². The van der Waals surface area contributed by atoms with Crippen LogP contribution in [-0.2, 0) is 91.6 Å². The first-order chi connectivity index (χ1) is 51.0. The number of nitrogens with zero attached hydrogens (tertiary/aromatic N) is 8. The summed E-state index contributed by atoms with van der Waals surface area (Å²) in [7, 11) is 4.43. The molecule has 30 nitrogen and oxygen atoms in total. The van der Waals surface area contributed by atoms with Crippen molar-refractivity contribution in [1.82, 2.24) is 82.3 Å². The fourth-order valence-electron chi connectivity index (χ4n) is 13.3. The zero-order chi connectivity index (χ0) is 77.0. The number of hydrogen-bond donors (Lipinski definition) is 9. The first-order valence-corrected chi connectivity index (χ1v) is 35.8. The lowest BCUT2D eigenvalue weighted by atomic mass is 9.85. The molecule has 8 amide bonds. The summed E-state index contributed by atoms with van der Waals surface area (Å²) in [6, 6.07) is 22.4. The van der Waals surface area contributed by atoms with Gasteiger partial charge in [-0.25, -0.2) is 19.0 Å². The van der Waals surface area contributed by atoms with Gasteiger partial charge in [0.25, 0.3) is 0 Å². The highest BCUT2D eigenvalue weighted by molar-refractivity contribution is 5.98. The molecule has 0 saturated carbocycles. The molecule has 2 fully saturated rings. The van der Waals surface area contributed by atoms with Crippen molar-refractivity contribution in [3.8, 4) is 11.5 Å². The van der Waals surface area contributed by atoms with Gasteiger partial charge in [-0.2, -0.15) is 0 Å². The summed E-state index contributed by atoms with van der Waals surface area (Å²) in [5.74, 6) is -6.38. The van der Waals surface area contributed by atoms with Gasteiger partial charge >= 0.3 is 11.9 Å². The summed E-state index contributed by atoms with van der Waals surface area (Å²) in [5, 5.41) is 53.1. The van der Waals surface area contributed by atoms with Gasteiger partial charge in [0.2, 0.25) is 47.3 Å². The van der Waals surface area contributed by atoms with Crippen molar-refractivity contribution in [2.45, 2.75) is 180 Å². The number of amides is 8. The molecular weight excluding hydrogens is 1370 g/mol. The van der Waals surface area contributed by atoms with E-state index in [0.717, 1.165) is 10.8 Å². The number of fused-ring (bicyclic) bond motifs is 1. The number of carboxylic acid groups (broad SMARTS) is 1. The minimum absolute atomic E-state index is 0.0181. The number of hydrogen-bond acceptors (Lipinski definition) is 19. The number of carboxylic acids is 1.